The number of carboxylic acids is 1. The Morgan fingerprint density at radius 2 is 1.68 bits per heavy atom. The van der Waals surface area contributed by atoms with Gasteiger partial charge in [0.25, 0.3) is 0 Å². The summed E-state index contributed by atoms with van der Waals surface area (Å²) in [6, 6.07) is 20.5. The van der Waals surface area contributed by atoms with Gasteiger partial charge in [0.1, 0.15) is 10.8 Å². The van der Waals surface area contributed by atoms with Crippen LogP contribution in [0.5, 0.6) is 0 Å². The monoisotopic (exact) mass is 431 g/mol. The van der Waals surface area contributed by atoms with Crippen LogP contribution in [0.3, 0.4) is 0 Å². The molecule has 0 aliphatic carbocycles. The van der Waals surface area contributed by atoms with Crippen molar-refractivity contribution < 1.29 is 19.8 Å². The van der Waals surface area contributed by atoms with Crippen LogP contribution >= 0.6 is 11.3 Å². The van der Waals surface area contributed by atoms with Crippen LogP contribution in [-0.2, 0) is 24.2 Å². The van der Waals surface area contributed by atoms with Gasteiger partial charge in [-0.15, -0.1) is 11.3 Å². The molecule has 3 aromatic carbocycles. The van der Waals surface area contributed by atoms with Crippen LogP contribution in [0.25, 0.3) is 21.3 Å². The van der Waals surface area contributed by atoms with Crippen molar-refractivity contribution in [1.29, 1.82) is 0 Å². The van der Waals surface area contributed by atoms with Crippen LogP contribution < -0.4 is 0 Å². The molecule has 0 amide bonds. The first-order chi connectivity index (χ1) is 15.0. The second kappa shape index (κ2) is 9.20. The first kappa shape index (κ1) is 20.9. The SMILES string of the molecule is O=C(CCc1cccc(C(=O)O)c1)Cc1nc2ccc(-c3ccc(CO)cc3)cc2s1. The zero-order valence-corrected chi connectivity index (χ0v) is 17.6. The van der Waals surface area contributed by atoms with Gasteiger partial charge >= 0.3 is 5.97 Å². The fraction of sp³-hybridized carbons (Fsp3) is 0.160. The molecule has 6 heteroatoms. The standard InChI is InChI=1S/C25H21NO4S/c27-15-17-4-7-18(8-5-17)19-9-11-22-23(13-19)31-24(26-22)14-21(28)10-6-16-2-1-3-20(12-16)25(29)30/h1-5,7-9,11-13,27H,6,10,14-15H2,(H,29,30). The summed E-state index contributed by atoms with van der Waals surface area (Å²) in [6.07, 6.45) is 1.14. The van der Waals surface area contributed by atoms with E-state index < -0.39 is 5.97 Å². The van der Waals surface area contributed by atoms with Crippen molar-refractivity contribution in [3.8, 4) is 11.1 Å². The Morgan fingerprint density at radius 3 is 2.42 bits per heavy atom. The van der Waals surface area contributed by atoms with E-state index >= 15 is 0 Å². The van der Waals surface area contributed by atoms with Crippen LogP contribution in [-0.4, -0.2) is 26.9 Å². The number of carbonyl (C=O) groups excluding carboxylic acids is 1. The number of aromatic carboxylic acids is 1. The molecular formula is C25H21NO4S. The molecule has 0 saturated heterocycles. The highest BCUT2D eigenvalue weighted by Gasteiger charge is 2.11. The Bertz CT molecular complexity index is 1240. The van der Waals surface area contributed by atoms with Crippen molar-refractivity contribution in [1.82, 2.24) is 4.98 Å². The Balaban J connectivity index is 1.43. The quantitative estimate of drug-likeness (QED) is 0.414. The first-order valence-corrected chi connectivity index (χ1v) is 10.8. The molecule has 4 rings (SSSR count). The largest absolute Gasteiger partial charge is 0.478 e. The van der Waals surface area contributed by atoms with E-state index in [4.69, 9.17) is 5.11 Å². The summed E-state index contributed by atoms with van der Waals surface area (Å²) in [6.45, 7) is 0.0243. The molecule has 0 aliphatic rings. The number of thiazole rings is 1. The lowest BCUT2D eigenvalue weighted by atomic mass is 10.0. The molecule has 1 heterocycles. The summed E-state index contributed by atoms with van der Waals surface area (Å²) in [7, 11) is 0. The zero-order chi connectivity index (χ0) is 21.8. The number of hydrogen-bond donors (Lipinski definition) is 2. The number of nitrogens with zero attached hydrogens (tertiary/aromatic N) is 1. The minimum absolute atomic E-state index is 0.0243. The smallest absolute Gasteiger partial charge is 0.335 e. The third-order valence-electron chi connectivity index (χ3n) is 5.12. The number of fused-ring (bicyclic) bond motifs is 1. The molecule has 4 aromatic rings. The number of rotatable bonds is 8. The van der Waals surface area contributed by atoms with E-state index in [2.05, 4.69) is 11.1 Å². The minimum Gasteiger partial charge on any atom is -0.478 e. The van der Waals surface area contributed by atoms with Gasteiger partial charge in [0, 0.05) is 6.42 Å². The van der Waals surface area contributed by atoms with Crippen molar-refractivity contribution in [2.24, 2.45) is 0 Å². The minimum atomic E-state index is -0.966. The fourth-order valence-corrected chi connectivity index (χ4v) is 4.47. The number of carboxylic acid groups (broad SMARTS) is 1. The van der Waals surface area contributed by atoms with Crippen molar-refractivity contribution in [2.45, 2.75) is 25.9 Å². The second-order valence-electron chi connectivity index (χ2n) is 7.37. The molecule has 0 aliphatic heterocycles. The summed E-state index contributed by atoms with van der Waals surface area (Å²) in [4.78, 5) is 28.1. The van der Waals surface area contributed by atoms with Crippen molar-refractivity contribution in [2.75, 3.05) is 0 Å². The van der Waals surface area contributed by atoms with Gasteiger partial charge in [-0.3, -0.25) is 4.79 Å². The Labute approximate surface area is 183 Å². The van der Waals surface area contributed by atoms with Crippen LogP contribution in [0, 0.1) is 0 Å². The highest BCUT2D eigenvalue weighted by Crippen LogP contribution is 2.29. The first-order valence-electron chi connectivity index (χ1n) is 9.95. The van der Waals surface area contributed by atoms with Gasteiger partial charge in [-0.2, -0.15) is 0 Å². The predicted molar refractivity (Wildman–Crippen MR) is 121 cm³/mol. The van der Waals surface area contributed by atoms with Gasteiger partial charge in [0.15, 0.2) is 0 Å². The number of aryl methyl sites for hydroxylation is 1. The molecule has 5 nitrogen and oxygen atoms in total. The number of hydrogen-bond acceptors (Lipinski definition) is 5. The number of ketones is 1. The third-order valence-corrected chi connectivity index (χ3v) is 6.14. The van der Waals surface area contributed by atoms with Crippen LogP contribution in [0.15, 0.2) is 66.7 Å². The number of Topliss-reactive ketones (excluding diaryl/α,β-unsaturated/α-hetero) is 1. The fourth-order valence-electron chi connectivity index (χ4n) is 3.43. The lowest BCUT2D eigenvalue weighted by Crippen LogP contribution is -2.05. The van der Waals surface area contributed by atoms with E-state index in [1.54, 1.807) is 18.2 Å². The Morgan fingerprint density at radius 1 is 0.903 bits per heavy atom. The molecule has 0 radical (unpaired) electrons. The molecule has 1 aromatic heterocycles. The number of carbonyl (C=O) groups is 2. The van der Waals surface area contributed by atoms with E-state index in [0.29, 0.717) is 12.8 Å². The molecule has 156 valence electrons. The van der Waals surface area contributed by atoms with Gasteiger partial charge in [-0.25, -0.2) is 9.78 Å². The molecule has 0 spiro atoms. The highest BCUT2D eigenvalue weighted by molar-refractivity contribution is 7.18. The topological polar surface area (TPSA) is 87.5 Å². The average Bonchev–Trinajstić information content (AvgIpc) is 3.19. The van der Waals surface area contributed by atoms with E-state index in [1.807, 2.05) is 42.5 Å². The summed E-state index contributed by atoms with van der Waals surface area (Å²) in [5, 5.41) is 19.1. The second-order valence-corrected chi connectivity index (χ2v) is 8.48. The maximum absolute atomic E-state index is 12.5. The van der Waals surface area contributed by atoms with E-state index in [9.17, 15) is 14.7 Å². The number of aliphatic hydroxyl groups is 1. The lowest BCUT2D eigenvalue weighted by Gasteiger charge is -2.02. The van der Waals surface area contributed by atoms with Gasteiger partial charge in [0.2, 0.25) is 0 Å². The number of aromatic nitrogens is 1. The van der Waals surface area contributed by atoms with Gasteiger partial charge in [-0.1, -0.05) is 42.5 Å². The van der Waals surface area contributed by atoms with Gasteiger partial charge < -0.3 is 10.2 Å². The van der Waals surface area contributed by atoms with Crippen molar-refractivity contribution >= 4 is 33.3 Å². The number of benzene rings is 3. The Kier molecular flexibility index (Phi) is 6.21. The molecule has 2 N–H and O–H groups in total. The molecule has 31 heavy (non-hydrogen) atoms. The van der Waals surface area contributed by atoms with E-state index in [0.717, 1.165) is 37.5 Å². The number of aliphatic hydroxyl groups excluding tert-OH is 1. The summed E-state index contributed by atoms with van der Waals surface area (Å²) in [5.41, 5.74) is 4.95. The summed E-state index contributed by atoms with van der Waals surface area (Å²) >= 11 is 1.52. The summed E-state index contributed by atoms with van der Waals surface area (Å²) in [5.74, 6) is -0.883. The normalized spacial score (nSPS) is 11.0. The highest BCUT2D eigenvalue weighted by atomic mass is 32.1. The molecule has 0 atom stereocenters. The predicted octanol–water partition coefficient (Wildman–Crippen LogP) is 4.90. The maximum atomic E-state index is 12.5. The third kappa shape index (κ3) is 5.05. The lowest BCUT2D eigenvalue weighted by molar-refractivity contribution is -0.118. The molecule has 0 saturated carbocycles. The van der Waals surface area contributed by atoms with Crippen molar-refractivity contribution in [3.05, 3.63) is 88.4 Å². The molecule has 0 unspecified atom stereocenters. The molecule has 0 fully saturated rings. The van der Waals surface area contributed by atoms with Gasteiger partial charge in [0.05, 0.1) is 28.8 Å². The van der Waals surface area contributed by atoms with Crippen molar-refractivity contribution in [3.63, 3.8) is 0 Å². The van der Waals surface area contributed by atoms with Crippen LogP contribution in [0.4, 0.5) is 0 Å². The molecule has 0 bridgehead atoms. The van der Waals surface area contributed by atoms with Crippen LogP contribution in [0.2, 0.25) is 0 Å². The van der Waals surface area contributed by atoms with Crippen LogP contribution in [0.1, 0.15) is 32.9 Å². The zero-order valence-electron chi connectivity index (χ0n) is 16.7. The van der Waals surface area contributed by atoms with E-state index in [-0.39, 0.29) is 24.4 Å². The summed E-state index contributed by atoms with van der Waals surface area (Å²) < 4.78 is 1.03. The average molecular weight is 432 g/mol. The maximum Gasteiger partial charge on any atom is 0.335 e. The van der Waals surface area contributed by atoms with E-state index in [1.165, 1.54) is 11.3 Å². The molecular weight excluding hydrogens is 410 g/mol. The van der Waals surface area contributed by atoms with Gasteiger partial charge in [-0.05, 0) is 52.9 Å². The Hall–Kier alpha value is -3.35.